The van der Waals surface area contributed by atoms with Gasteiger partial charge in [-0.25, -0.2) is 14.4 Å². The molecule has 2 saturated heterocycles. The summed E-state index contributed by atoms with van der Waals surface area (Å²) in [6, 6.07) is 7.69. The van der Waals surface area contributed by atoms with Crippen LogP contribution in [0.5, 0.6) is 5.75 Å². The first-order valence-corrected chi connectivity index (χ1v) is 11.9. The van der Waals surface area contributed by atoms with Gasteiger partial charge in [-0.15, -0.1) is 0 Å². The summed E-state index contributed by atoms with van der Waals surface area (Å²) in [5.41, 5.74) is -0.429. The maximum absolute atomic E-state index is 14.4. The van der Waals surface area contributed by atoms with E-state index in [4.69, 9.17) is 4.74 Å². The zero-order chi connectivity index (χ0) is 25.7. The van der Waals surface area contributed by atoms with E-state index in [9.17, 15) is 17.6 Å². The van der Waals surface area contributed by atoms with Crippen LogP contribution in [0.15, 0.2) is 36.5 Å². The van der Waals surface area contributed by atoms with Gasteiger partial charge in [-0.05, 0) is 43.8 Å². The number of alkyl halides is 3. The first-order valence-electron chi connectivity index (χ1n) is 11.9. The fourth-order valence-corrected chi connectivity index (χ4v) is 5.11. The first-order chi connectivity index (χ1) is 17.7. The highest BCUT2D eigenvalue weighted by molar-refractivity contribution is 5.67. The van der Waals surface area contributed by atoms with E-state index in [1.165, 1.54) is 6.07 Å². The van der Waals surface area contributed by atoms with Gasteiger partial charge >= 0.3 is 6.18 Å². The van der Waals surface area contributed by atoms with Crippen molar-refractivity contribution in [3.05, 3.63) is 47.9 Å². The van der Waals surface area contributed by atoms with Crippen molar-refractivity contribution in [3.8, 4) is 5.75 Å². The molecule has 3 N–H and O–H groups in total. The zero-order valence-electron chi connectivity index (χ0n) is 19.8. The van der Waals surface area contributed by atoms with Gasteiger partial charge < -0.3 is 25.6 Å². The second-order valence-electron chi connectivity index (χ2n) is 9.32. The Labute approximate surface area is 209 Å². The third-order valence-corrected chi connectivity index (χ3v) is 6.88. The molecule has 0 saturated carbocycles. The molecule has 0 aliphatic carbocycles. The topological polar surface area (TPSA) is 90.5 Å². The van der Waals surface area contributed by atoms with Gasteiger partial charge in [0.05, 0.1) is 18.3 Å². The molecule has 13 heteroatoms. The summed E-state index contributed by atoms with van der Waals surface area (Å²) in [5.74, 6) is 0.434. The average molecular weight is 517 g/mol. The molecule has 37 heavy (non-hydrogen) atoms. The van der Waals surface area contributed by atoms with Crippen LogP contribution in [-0.2, 0) is 6.18 Å². The fourth-order valence-electron chi connectivity index (χ4n) is 5.11. The van der Waals surface area contributed by atoms with E-state index in [1.54, 1.807) is 18.2 Å². The normalized spacial score (nSPS) is 20.8. The molecule has 0 spiro atoms. The second-order valence-corrected chi connectivity index (χ2v) is 9.32. The molecule has 2 aromatic heterocycles. The van der Waals surface area contributed by atoms with E-state index in [0.717, 1.165) is 25.2 Å². The summed E-state index contributed by atoms with van der Waals surface area (Å²) in [5, 5.41) is 8.64. The minimum absolute atomic E-state index is 0.0583. The first kappa shape index (κ1) is 23.5. The van der Waals surface area contributed by atoms with Crippen LogP contribution >= 0.6 is 0 Å². The molecule has 9 nitrogen and oxygen atoms in total. The standard InChI is InChI=1S/C24H24F4N8O/c1-35-11-15-9-14(35)12-36(15)18-3-2-13(8-16(18)24(26,27)28)31-23-30-10-17(25)21(34-23)32-20-5-4-19-22(33-20)29-6-7-37-19/h2-5,8,10,14-15H,6-7,9,11-12H2,1H3,(H3,29,30,31,32,33,34). The van der Waals surface area contributed by atoms with Crippen molar-refractivity contribution in [2.75, 3.05) is 54.1 Å². The molecule has 3 aliphatic rings. The Bertz CT molecular complexity index is 1330. The minimum Gasteiger partial charge on any atom is -0.488 e. The smallest absolute Gasteiger partial charge is 0.418 e. The maximum Gasteiger partial charge on any atom is 0.418 e. The number of hydrogen-bond donors (Lipinski definition) is 3. The van der Waals surface area contributed by atoms with Crippen LogP contribution in [0.2, 0.25) is 0 Å². The maximum atomic E-state index is 14.4. The van der Waals surface area contributed by atoms with Crippen LogP contribution in [0.3, 0.4) is 0 Å². The largest absolute Gasteiger partial charge is 0.488 e. The highest BCUT2D eigenvalue weighted by Crippen LogP contribution is 2.43. The van der Waals surface area contributed by atoms with Gasteiger partial charge in [-0.1, -0.05) is 0 Å². The molecule has 2 fully saturated rings. The molecular formula is C24H24F4N8O. The van der Waals surface area contributed by atoms with Crippen LogP contribution in [0.25, 0.3) is 0 Å². The van der Waals surface area contributed by atoms with Gasteiger partial charge in [0, 0.05) is 36.5 Å². The number of rotatable bonds is 5. The van der Waals surface area contributed by atoms with Gasteiger partial charge in [0.1, 0.15) is 12.4 Å². The lowest BCUT2D eigenvalue weighted by Crippen LogP contribution is -2.45. The monoisotopic (exact) mass is 516 g/mol. The number of fused-ring (bicyclic) bond motifs is 3. The molecule has 6 rings (SSSR count). The minimum atomic E-state index is -4.55. The lowest BCUT2D eigenvalue weighted by atomic mass is 10.1. The number of anilines is 6. The number of ether oxygens (including phenoxy) is 1. The number of hydrogen-bond acceptors (Lipinski definition) is 9. The average Bonchev–Trinajstić information content (AvgIpc) is 3.45. The summed E-state index contributed by atoms with van der Waals surface area (Å²) in [7, 11) is 2.00. The number of likely N-dealkylation sites (tertiary alicyclic amines) is 1. The van der Waals surface area contributed by atoms with E-state index in [-0.39, 0.29) is 35.2 Å². The number of likely N-dealkylation sites (N-methyl/N-ethyl adjacent to an activating group) is 1. The molecule has 3 aliphatic heterocycles. The fraction of sp³-hybridized carbons (Fsp3) is 0.375. The third-order valence-electron chi connectivity index (χ3n) is 6.88. The predicted molar refractivity (Wildman–Crippen MR) is 130 cm³/mol. The number of piperazine rings is 1. The van der Waals surface area contributed by atoms with Gasteiger partial charge in [-0.3, -0.25) is 4.90 Å². The Morgan fingerprint density at radius 2 is 1.95 bits per heavy atom. The Hall–Kier alpha value is -3.87. The highest BCUT2D eigenvalue weighted by atomic mass is 19.4. The summed E-state index contributed by atoms with van der Waals surface area (Å²) >= 11 is 0. The summed E-state index contributed by atoms with van der Waals surface area (Å²) < 4.78 is 62.0. The Kier molecular flexibility index (Phi) is 5.66. The quantitative estimate of drug-likeness (QED) is 0.432. The molecule has 2 unspecified atom stereocenters. The van der Waals surface area contributed by atoms with Crippen LogP contribution < -0.4 is 25.6 Å². The van der Waals surface area contributed by atoms with Gasteiger partial charge in [-0.2, -0.15) is 18.2 Å². The van der Waals surface area contributed by atoms with E-state index in [2.05, 4.69) is 35.8 Å². The Morgan fingerprint density at radius 3 is 2.70 bits per heavy atom. The van der Waals surface area contributed by atoms with E-state index >= 15 is 0 Å². The van der Waals surface area contributed by atoms with Crippen LogP contribution in [0, 0.1) is 5.82 Å². The van der Waals surface area contributed by atoms with Crippen molar-refractivity contribution in [2.45, 2.75) is 24.7 Å². The predicted octanol–water partition coefficient (Wildman–Crippen LogP) is 4.21. The molecular weight excluding hydrogens is 492 g/mol. The van der Waals surface area contributed by atoms with E-state index < -0.39 is 17.6 Å². The SMILES string of the molecule is CN1CC2CC1CN2c1ccc(Nc2ncc(F)c(Nc3ccc4c(n3)NCCO4)n2)cc1C(F)(F)F. The molecule has 5 heterocycles. The number of halogens is 4. The van der Waals surface area contributed by atoms with Crippen LogP contribution in [-0.4, -0.2) is 65.2 Å². The third kappa shape index (κ3) is 4.54. The zero-order valence-corrected chi connectivity index (χ0v) is 19.8. The lowest BCUT2D eigenvalue weighted by molar-refractivity contribution is -0.137. The molecule has 2 bridgehead atoms. The highest BCUT2D eigenvalue weighted by Gasteiger charge is 2.44. The van der Waals surface area contributed by atoms with E-state index in [1.807, 2.05) is 11.9 Å². The number of pyridine rings is 1. The molecule has 194 valence electrons. The van der Waals surface area contributed by atoms with Gasteiger partial charge in [0.25, 0.3) is 0 Å². The lowest BCUT2D eigenvalue weighted by Gasteiger charge is -2.35. The number of nitrogens with one attached hydrogen (secondary N) is 3. The van der Waals surface area contributed by atoms with Crippen molar-refractivity contribution in [1.82, 2.24) is 19.9 Å². The van der Waals surface area contributed by atoms with Gasteiger partial charge in [0.2, 0.25) is 5.95 Å². The van der Waals surface area contributed by atoms with Crippen molar-refractivity contribution in [1.29, 1.82) is 0 Å². The van der Waals surface area contributed by atoms with Crippen molar-refractivity contribution >= 4 is 34.8 Å². The summed E-state index contributed by atoms with van der Waals surface area (Å²) in [4.78, 5) is 16.4. The van der Waals surface area contributed by atoms with Crippen LogP contribution in [0.4, 0.5) is 52.3 Å². The summed E-state index contributed by atoms with van der Waals surface area (Å²) in [6.07, 6.45) is -2.75. The van der Waals surface area contributed by atoms with Crippen LogP contribution in [0.1, 0.15) is 12.0 Å². The molecule has 2 atom stereocenters. The Morgan fingerprint density at radius 1 is 1.08 bits per heavy atom. The van der Waals surface area contributed by atoms with Crippen molar-refractivity contribution < 1.29 is 22.3 Å². The summed E-state index contributed by atoms with van der Waals surface area (Å²) in [6.45, 7) is 2.41. The van der Waals surface area contributed by atoms with Crippen molar-refractivity contribution in [3.63, 3.8) is 0 Å². The van der Waals surface area contributed by atoms with Gasteiger partial charge in [0.15, 0.2) is 23.2 Å². The molecule has 0 radical (unpaired) electrons. The van der Waals surface area contributed by atoms with Crippen molar-refractivity contribution in [2.24, 2.45) is 0 Å². The van der Waals surface area contributed by atoms with E-state index in [0.29, 0.717) is 37.1 Å². The number of nitrogens with zero attached hydrogens (tertiary/aromatic N) is 5. The number of aromatic nitrogens is 3. The second kappa shape index (κ2) is 8.91. The molecule has 1 aromatic carbocycles. The molecule has 0 amide bonds. The molecule has 3 aromatic rings. The number of benzene rings is 1. The Balaban J connectivity index is 1.24.